The van der Waals surface area contributed by atoms with Crippen molar-refractivity contribution in [2.24, 2.45) is 4.99 Å². The molecule has 0 aliphatic carbocycles. The lowest BCUT2D eigenvalue weighted by Crippen LogP contribution is -2.39. The third-order valence-electron chi connectivity index (χ3n) is 3.94. The molecule has 1 aromatic rings. The first-order valence-corrected chi connectivity index (χ1v) is 10.7. The number of ether oxygens (including phenoxy) is 1. The van der Waals surface area contributed by atoms with E-state index < -0.39 is 10.0 Å². The molecule has 26 heavy (non-hydrogen) atoms. The average Bonchev–Trinajstić information content (AvgIpc) is 2.62. The number of methoxy groups -OCH3 is 1. The van der Waals surface area contributed by atoms with Crippen LogP contribution in [0.25, 0.3) is 0 Å². The molecule has 1 aromatic carbocycles. The molecule has 0 heterocycles. The monoisotopic (exact) mass is 384 g/mol. The highest BCUT2D eigenvalue weighted by atomic mass is 32.2. The number of rotatable bonds is 11. The summed E-state index contributed by atoms with van der Waals surface area (Å²) in [4.78, 5) is 4.38. The number of benzene rings is 1. The summed E-state index contributed by atoms with van der Waals surface area (Å²) < 4.78 is 31.2. The molecule has 0 aromatic heterocycles. The van der Waals surface area contributed by atoms with Crippen molar-refractivity contribution in [1.29, 1.82) is 0 Å². The van der Waals surface area contributed by atoms with Crippen LogP contribution in [0.15, 0.2) is 29.3 Å². The molecule has 7 nitrogen and oxygen atoms in total. The molecule has 0 aliphatic rings. The van der Waals surface area contributed by atoms with E-state index in [1.54, 1.807) is 7.11 Å². The van der Waals surface area contributed by atoms with Gasteiger partial charge in [0.2, 0.25) is 10.0 Å². The van der Waals surface area contributed by atoms with E-state index in [2.05, 4.69) is 15.6 Å². The van der Waals surface area contributed by atoms with Crippen LogP contribution < -0.4 is 15.4 Å². The predicted octanol–water partition coefficient (Wildman–Crippen LogP) is 1.46. The molecule has 0 fully saturated rings. The van der Waals surface area contributed by atoms with E-state index in [-0.39, 0.29) is 12.3 Å². The summed E-state index contributed by atoms with van der Waals surface area (Å²) in [5, 5.41) is 6.38. The summed E-state index contributed by atoms with van der Waals surface area (Å²) in [5.74, 6) is 1.50. The Hall–Kier alpha value is -1.80. The highest BCUT2D eigenvalue weighted by molar-refractivity contribution is 7.89. The number of para-hydroxylation sites is 1. The molecular formula is C18H32N4O3S. The Kier molecular flexibility index (Phi) is 10.0. The molecule has 0 spiro atoms. The molecule has 0 saturated carbocycles. The number of aliphatic imine (C=N–C) groups is 1. The van der Waals surface area contributed by atoms with Crippen LogP contribution >= 0.6 is 0 Å². The van der Waals surface area contributed by atoms with Gasteiger partial charge in [-0.05, 0) is 25.0 Å². The largest absolute Gasteiger partial charge is 0.496 e. The van der Waals surface area contributed by atoms with Crippen LogP contribution in [0.4, 0.5) is 0 Å². The Morgan fingerprint density at radius 2 is 1.85 bits per heavy atom. The second-order valence-corrected chi connectivity index (χ2v) is 7.74. The Balaban J connectivity index is 2.58. The van der Waals surface area contributed by atoms with Gasteiger partial charge in [-0.3, -0.25) is 4.99 Å². The summed E-state index contributed by atoms with van der Waals surface area (Å²) in [6.07, 6.45) is 0.784. The van der Waals surface area contributed by atoms with Crippen molar-refractivity contribution < 1.29 is 13.2 Å². The van der Waals surface area contributed by atoms with Crippen LogP contribution in [0.1, 0.15) is 26.3 Å². The smallest absolute Gasteiger partial charge is 0.215 e. The lowest BCUT2D eigenvalue weighted by atomic mass is 10.1. The zero-order valence-electron chi connectivity index (χ0n) is 16.3. The topological polar surface area (TPSA) is 83.0 Å². The van der Waals surface area contributed by atoms with E-state index in [0.29, 0.717) is 32.1 Å². The lowest BCUT2D eigenvalue weighted by Gasteiger charge is -2.18. The van der Waals surface area contributed by atoms with Crippen LogP contribution in [0.3, 0.4) is 0 Å². The van der Waals surface area contributed by atoms with E-state index in [1.165, 1.54) is 4.31 Å². The summed E-state index contributed by atoms with van der Waals surface area (Å²) >= 11 is 0. The van der Waals surface area contributed by atoms with Gasteiger partial charge in [0.25, 0.3) is 0 Å². The minimum absolute atomic E-state index is 0.0117. The molecular weight excluding hydrogens is 352 g/mol. The van der Waals surface area contributed by atoms with E-state index in [9.17, 15) is 8.42 Å². The van der Waals surface area contributed by atoms with Crippen molar-refractivity contribution in [3.8, 4) is 5.75 Å². The van der Waals surface area contributed by atoms with Crippen molar-refractivity contribution in [1.82, 2.24) is 14.9 Å². The molecule has 0 amide bonds. The van der Waals surface area contributed by atoms with Crippen molar-refractivity contribution in [3.63, 3.8) is 0 Å². The third-order valence-corrected chi connectivity index (χ3v) is 5.94. The second kappa shape index (κ2) is 11.7. The number of guanidine groups is 1. The SMILES string of the molecule is CCNC(=NCCS(=O)(=O)N(CC)CC)NCCc1ccccc1OC. The zero-order valence-corrected chi connectivity index (χ0v) is 17.1. The summed E-state index contributed by atoms with van der Waals surface area (Å²) in [6, 6.07) is 7.89. The summed E-state index contributed by atoms with van der Waals surface area (Å²) in [7, 11) is -1.59. The predicted molar refractivity (Wildman–Crippen MR) is 107 cm³/mol. The molecule has 0 radical (unpaired) electrons. The van der Waals surface area contributed by atoms with Crippen LogP contribution in [0, 0.1) is 0 Å². The highest BCUT2D eigenvalue weighted by Crippen LogP contribution is 2.17. The number of nitrogens with zero attached hydrogens (tertiary/aromatic N) is 2. The molecule has 0 atom stereocenters. The highest BCUT2D eigenvalue weighted by Gasteiger charge is 2.17. The minimum atomic E-state index is -3.25. The minimum Gasteiger partial charge on any atom is -0.496 e. The molecule has 1 rings (SSSR count). The molecule has 8 heteroatoms. The standard InChI is InChI=1S/C18H32N4O3S/c1-5-19-18(21-14-15-26(23,24)22(6-2)7-3)20-13-12-16-10-8-9-11-17(16)25-4/h8-11H,5-7,12-15H2,1-4H3,(H2,19,20,21). The lowest BCUT2D eigenvalue weighted by molar-refractivity contribution is 0.409. The van der Waals surface area contributed by atoms with Crippen molar-refractivity contribution in [2.75, 3.05) is 45.6 Å². The Morgan fingerprint density at radius 1 is 1.15 bits per heavy atom. The Labute approximate surface area is 157 Å². The van der Waals surface area contributed by atoms with Gasteiger partial charge in [0, 0.05) is 26.2 Å². The molecule has 0 aliphatic heterocycles. The van der Waals surface area contributed by atoms with Crippen LogP contribution in [-0.4, -0.2) is 64.3 Å². The van der Waals surface area contributed by atoms with Gasteiger partial charge in [-0.2, -0.15) is 0 Å². The van der Waals surface area contributed by atoms with Crippen molar-refractivity contribution >= 4 is 16.0 Å². The van der Waals surface area contributed by atoms with Gasteiger partial charge in [0.05, 0.1) is 19.4 Å². The van der Waals surface area contributed by atoms with Crippen molar-refractivity contribution in [3.05, 3.63) is 29.8 Å². The van der Waals surface area contributed by atoms with Crippen LogP contribution in [0.2, 0.25) is 0 Å². The van der Waals surface area contributed by atoms with Gasteiger partial charge < -0.3 is 15.4 Å². The third kappa shape index (κ3) is 7.21. The molecule has 2 N–H and O–H groups in total. The fourth-order valence-electron chi connectivity index (χ4n) is 2.59. The van der Waals surface area contributed by atoms with Gasteiger partial charge in [-0.25, -0.2) is 12.7 Å². The first kappa shape index (κ1) is 22.2. The number of hydrogen-bond acceptors (Lipinski definition) is 4. The van der Waals surface area contributed by atoms with Crippen molar-refractivity contribution in [2.45, 2.75) is 27.2 Å². The summed E-state index contributed by atoms with van der Waals surface area (Å²) in [5.41, 5.74) is 1.11. The quantitative estimate of drug-likeness (QED) is 0.446. The van der Waals surface area contributed by atoms with Gasteiger partial charge in [0.1, 0.15) is 5.75 Å². The molecule has 0 saturated heterocycles. The molecule has 148 valence electrons. The molecule has 0 bridgehead atoms. The number of nitrogens with one attached hydrogen (secondary N) is 2. The van der Waals surface area contributed by atoms with Gasteiger partial charge in [0.15, 0.2) is 5.96 Å². The first-order valence-electron chi connectivity index (χ1n) is 9.10. The number of sulfonamides is 1. The Bertz CT molecular complexity index is 658. The summed E-state index contributed by atoms with van der Waals surface area (Å²) in [6.45, 7) is 8.24. The molecule has 0 unspecified atom stereocenters. The first-order chi connectivity index (χ1) is 12.5. The van der Waals surface area contributed by atoms with Crippen LogP contribution in [-0.2, 0) is 16.4 Å². The normalized spacial score (nSPS) is 12.3. The maximum atomic E-state index is 12.2. The Morgan fingerprint density at radius 3 is 2.46 bits per heavy atom. The second-order valence-electron chi connectivity index (χ2n) is 5.65. The number of hydrogen-bond donors (Lipinski definition) is 2. The van der Waals surface area contributed by atoms with Gasteiger partial charge >= 0.3 is 0 Å². The fraction of sp³-hybridized carbons (Fsp3) is 0.611. The van der Waals surface area contributed by atoms with Gasteiger partial charge in [-0.15, -0.1) is 0 Å². The average molecular weight is 385 g/mol. The maximum absolute atomic E-state index is 12.2. The van der Waals surface area contributed by atoms with E-state index in [1.807, 2.05) is 45.0 Å². The maximum Gasteiger partial charge on any atom is 0.215 e. The van der Waals surface area contributed by atoms with E-state index >= 15 is 0 Å². The van der Waals surface area contributed by atoms with E-state index in [0.717, 1.165) is 17.7 Å². The zero-order chi connectivity index (χ0) is 19.4. The van der Waals surface area contributed by atoms with Crippen LogP contribution in [0.5, 0.6) is 5.75 Å². The fourth-order valence-corrected chi connectivity index (χ4v) is 3.95. The van der Waals surface area contributed by atoms with Gasteiger partial charge in [-0.1, -0.05) is 32.0 Å². The van der Waals surface area contributed by atoms with E-state index in [4.69, 9.17) is 4.74 Å².